The van der Waals surface area contributed by atoms with Crippen LogP contribution in [0.1, 0.15) is 49.7 Å². The first-order chi connectivity index (χ1) is 14.3. The Kier molecular flexibility index (Phi) is 8.98. The molecule has 0 saturated heterocycles. The highest BCUT2D eigenvalue weighted by atomic mass is 19.1. The molecule has 0 radical (unpaired) electrons. The van der Waals surface area contributed by atoms with Gasteiger partial charge in [-0.25, -0.2) is 4.39 Å². The lowest BCUT2D eigenvalue weighted by Gasteiger charge is -2.29. The van der Waals surface area contributed by atoms with Gasteiger partial charge in [-0.15, -0.1) is 0 Å². The Morgan fingerprint density at radius 3 is 2.53 bits per heavy atom. The topological polar surface area (TPSA) is 78.7 Å². The van der Waals surface area contributed by atoms with E-state index in [9.17, 15) is 14.0 Å². The molecule has 164 valence electrons. The molecule has 1 heterocycles. The summed E-state index contributed by atoms with van der Waals surface area (Å²) in [6, 6.07) is 7.17. The molecule has 0 fully saturated rings. The second-order valence-corrected chi connectivity index (χ2v) is 7.30. The van der Waals surface area contributed by atoms with Gasteiger partial charge in [0.15, 0.2) is 5.82 Å². The Labute approximate surface area is 177 Å². The zero-order valence-corrected chi connectivity index (χ0v) is 18.2. The summed E-state index contributed by atoms with van der Waals surface area (Å²) < 4.78 is 19.2. The molecule has 1 atom stereocenters. The molecule has 2 amide bonds. The lowest BCUT2D eigenvalue weighted by atomic mass is 10.1. The van der Waals surface area contributed by atoms with Gasteiger partial charge in [0, 0.05) is 12.1 Å². The molecule has 1 aromatic heterocycles. The number of rotatable bonds is 11. The third-order valence-electron chi connectivity index (χ3n) is 5.10. The first-order valence-corrected chi connectivity index (χ1v) is 10.4. The number of nitrogens with zero attached hydrogens (tertiary/aromatic N) is 3. The van der Waals surface area contributed by atoms with E-state index in [4.69, 9.17) is 4.52 Å². The minimum Gasteiger partial charge on any atom is -0.360 e. The van der Waals surface area contributed by atoms with Crippen molar-refractivity contribution in [2.45, 2.75) is 46.6 Å². The van der Waals surface area contributed by atoms with E-state index in [0.29, 0.717) is 12.2 Å². The van der Waals surface area contributed by atoms with Crippen LogP contribution in [0.5, 0.6) is 0 Å². The molecule has 7 nitrogen and oxygen atoms in total. The molecule has 8 heteroatoms. The third kappa shape index (κ3) is 6.66. The fourth-order valence-corrected chi connectivity index (χ4v) is 3.29. The molecule has 2 aromatic rings. The summed E-state index contributed by atoms with van der Waals surface area (Å²) in [7, 11) is 0. The maximum Gasteiger partial charge on any atom is 0.257 e. The van der Waals surface area contributed by atoms with E-state index >= 15 is 0 Å². The molecule has 0 saturated carbocycles. The number of aromatic nitrogens is 1. The van der Waals surface area contributed by atoms with Crippen LogP contribution in [0.4, 0.5) is 10.2 Å². The van der Waals surface area contributed by atoms with Crippen molar-refractivity contribution in [3.05, 3.63) is 47.5 Å². The number of hydrogen-bond acceptors (Lipinski definition) is 5. The summed E-state index contributed by atoms with van der Waals surface area (Å²) in [5.74, 6) is -0.673. The van der Waals surface area contributed by atoms with Gasteiger partial charge in [0.1, 0.15) is 18.1 Å². The van der Waals surface area contributed by atoms with Crippen LogP contribution in [0.25, 0.3) is 0 Å². The third-order valence-corrected chi connectivity index (χ3v) is 5.10. The Balaban J connectivity index is 2.11. The van der Waals surface area contributed by atoms with Crippen molar-refractivity contribution in [3.63, 3.8) is 0 Å². The number of nitrogens with one attached hydrogen (secondary N) is 1. The van der Waals surface area contributed by atoms with Gasteiger partial charge in [-0.3, -0.25) is 9.59 Å². The van der Waals surface area contributed by atoms with Gasteiger partial charge in [0.05, 0.1) is 5.56 Å². The maximum absolute atomic E-state index is 14.2. The van der Waals surface area contributed by atoms with Gasteiger partial charge in [-0.05, 0) is 58.5 Å². The summed E-state index contributed by atoms with van der Waals surface area (Å²) in [6.45, 7) is 10.4. The van der Waals surface area contributed by atoms with E-state index < -0.39 is 17.6 Å². The zero-order valence-electron chi connectivity index (χ0n) is 18.2. The van der Waals surface area contributed by atoms with Crippen molar-refractivity contribution in [1.82, 2.24) is 15.0 Å². The number of halogens is 1. The molecule has 0 aliphatic heterocycles. The van der Waals surface area contributed by atoms with Crippen LogP contribution in [0.3, 0.4) is 0 Å². The second-order valence-electron chi connectivity index (χ2n) is 7.30. The number of carbonyl (C=O) groups is 2. The maximum atomic E-state index is 14.2. The number of anilines is 1. The number of benzene rings is 1. The van der Waals surface area contributed by atoms with Gasteiger partial charge in [0.25, 0.3) is 5.91 Å². The molecule has 0 unspecified atom stereocenters. The Morgan fingerprint density at radius 2 is 1.93 bits per heavy atom. The summed E-state index contributed by atoms with van der Waals surface area (Å²) in [4.78, 5) is 29.3. The molecular weight excluding hydrogens is 387 g/mol. The molecule has 2 rings (SSSR count). The lowest BCUT2D eigenvalue weighted by Crippen LogP contribution is -2.44. The predicted molar refractivity (Wildman–Crippen MR) is 114 cm³/mol. The minimum atomic E-state index is -0.602. The summed E-state index contributed by atoms with van der Waals surface area (Å²) in [5, 5.41) is 6.36. The first-order valence-electron chi connectivity index (χ1n) is 10.4. The van der Waals surface area contributed by atoms with Crippen LogP contribution in [0, 0.1) is 12.7 Å². The van der Waals surface area contributed by atoms with E-state index in [2.05, 4.69) is 29.2 Å². The van der Waals surface area contributed by atoms with Gasteiger partial charge in [-0.2, -0.15) is 0 Å². The number of amides is 2. The largest absolute Gasteiger partial charge is 0.360 e. The van der Waals surface area contributed by atoms with Gasteiger partial charge in [-0.1, -0.05) is 31.1 Å². The number of hydrogen-bond donors (Lipinski definition) is 1. The van der Waals surface area contributed by atoms with Crippen LogP contribution in [-0.2, 0) is 4.79 Å². The summed E-state index contributed by atoms with van der Waals surface area (Å²) in [6.07, 6.45) is 1.57. The van der Waals surface area contributed by atoms with Gasteiger partial charge in [0.2, 0.25) is 5.91 Å². The minimum absolute atomic E-state index is 0.0434. The summed E-state index contributed by atoms with van der Waals surface area (Å²) in [5.41, 5.74) is -0.0434. The van der Waals surface area contributed by atoms with Gasteiger partial charge >= 0.3 is 0 Å². The normalized spacial score (nSPS) is 12.1. The molecule has 30 heavy (non-hydrogen) atoms. The van der Waals surface area contributed by atoms with Crippen molar-refractivity contribution in [3.8, 4) is 0 Å². The zero-order chi connectivity index (χ0) is 22.1. The highest BCUT2D eigenvalue weighted by molar-refractivity contribution is 5.99. The highest BCUT2D eigenvalue weighted by Crippen LogP contribution is 2.16. The fraction of sp³-hybridized carbons (Fsp3) is 0.500. The second kappa shape index (κ2) is 11.4. The van der Waals surface area contributed by atoms with Crippen molar-refractivity contribution in [2.75, 3.05) is 31.5 Å². The monoisotopic (exact) mass is 418 g/mol. The van der Waals surface area contributed by atoms with E-state index in [0.717, 1.165) is 26.1 Å². The van der Waals surface area contributed by atoms with Crippen LogP contribution < -0.4 is 5.32 Å². The SMILES string of the molecule is CCN(CC)CCC[C@@H](C)N(CC(=O)Nc1cc(C)on1)C(=O)c1ccccc1F. The number of carbonyl (C=O) groups excluding carboxylic acids is 2. The van der Waals surface area contributed by atoms with E-state index in [1.807, 2.05) is 6.92 Å². The van der Waals surface area contributed by atoms with E-state index in [1.165, 1.54) is 23.1 Å². The molecule has 1 N–H and O–H groups in total. The Morgan fingerprint density at radius 1 is 1.23 bits per heavy atom. The first kappa shape index (κ1) is 23.5. The summed E-state index contributed by atoms with van der Waals surface area (Å²) >= 11 is 0. The molecule has 0 aliphatic rings. The van der Waals surface area contributed by atoms with Crippen molar-refractivity contribution < 1.29 is 18.5 Å². The highest BCUT2D eigenvalue weighted by Gasteiger charge is 2.26. The average molecular weight is 419 g/mol. The molecule has 0 spiro atoms. The van der Waals surface area contributed by atoms with Gasteiger partial charge < -0.3 is 19.6 Å². The molecular formula is C22H31FN4O3. The average Bonchev–Trinajstić information content (AvgIpc) is 3.13. The fourth-order valence-electron chi connectivity index (χ4n) is 3.29. The van der Waals surface area contributed by atoms with E-state index in [1.54, 1.807) is 19.1 Å². The quantitative estimate of drug-likeness (QED) is 0.602. The van der Waals surface area contributed by atoms with Crippen LogP contribution in [-0.4, -0.2) is 59.0 Å². The van der Waals surface area contributed by atoms with Crippen LogP contribution in [0.15, 0.2) is 34.9 Å². The molecule has 0 aliphatic carbocycles. The molecule has 0 bridgehead atoms. The lowest BCUT2D eigenvalue weighted by molar-refractivity contribution is -0.117. The number of aryl methyl sites for hydroxylation is 1. The smallest absolute Gasteiger partial charge is 0.257 e. The Bertz CT molecular complexity index is 835. The Hall–Kier alpha value is -2.74. The van der Waals surface area contributed by atoms with Crippen molar-refractivity contribution >= 4 is 17.6 Å². The standard InChI is InChI=1S/C22H31FN4O3/c1-5-26(6-2)13-9-10-16(3)27(22(29)18-11-7-8-12-19(18)23)15-21(28)24-20-14-17(4)30-25-20/h7-8,11-12,14,16H,5-6,9-10,13,15H2,1-4H3,(H,24,25,28)/t16-/m1/s1. The van der Waals surface area contributed by atoms with Crippen LogP contribution in [0.2, 0.25) is 0 Å². The van der Waals surface area contributed by atoms with Crippen molar-refractivity contribution in [2.24, 2.45) is 0 Å². The predicted octanol–water partition coefficient (Wildman–Crippen LogP) is 3.71. The van der Waals surface area contributed by atoms with E-state index in [-0.39, 0.29) is 24.0 Å². The van der Waals surface area contributed by atoms with Crippen molar-refractivity contribution in [1.29, 1.82) is 0 Å². The van der Waals surface area contributed by atoms with Crippen LogP contribution >= 0.6 is 0 Å². The molecule has 1 aromatic carbocycles.